The molecule has 17 heavy (non-hydrogen) atoms. The van der Waals surface area contributed by atoms with E-state index in [4.69, 9.17) is 4.74 Å². The van der Waals surface area contributed by atoms with Crippen molar-refractivity contribution in [2.75, 3.05) is 6.61 Å². The minimum atomic E-state index is -0.339. The highest BCUT2D eigenvalue weighted by Gasteiger charge is 2.09. The molecule has 0 bridgehead atoms. The average molecular weight is 231 g/mol. The third kappa shape index (κ3) is 2.90. The first kappa shape index (κ1) is 11.3. The van der Waals surface area contributed by atoms with Crippen LogP contribution in [0.5, 0.6) is 0 Å². The SMILES string of the molecule is CCOC(=O)c1cnn(Cc2ccncc2)c1. The topological polar surface area (TPSA) is 57.0 Å². The average Bonchev–Trinajstić information content (AvgIpc) is 2.79. The maximum atomic E-state index is 11.4. The molecule has 0 unspecified atom stereocenters. The molecule has 88 valence electrons. The van der Waals surface area contributed by atoms with Gasteiger partial charge in [-0.05, 0) is 24.6 Å². The van der Waals surface area contributed by atoms with E-state index in [1.54, 1.807) is 30.2 Å². The summed E-state index contributed by atoms with van der Waals surface area (Å²) in [6.07, 6.45) is 6.65. The van der Waals surface area contributed by atoms with Gasteiger partial charge in [0.25, 0.3) is 0 Å². The lowest BCUT2D eigenvalue weighted by molar-refractivity contribution is 0.0526. The van der Waals surface area contributed by atoms with E-state index in [-0.39, 0.29) is 5.97 Å². The molecule has 0 atom stereocenters. The van der Waals surface area contributed by atoms with E-state index < -0.39 is 0 Å². The summed E-state index contributed by atoms with van der Waals surface area (Å²) >= 11 is 0. The molecule has 0 aliphatic heterocycles. The number of hydrogen-bond donors (Lipinski definition) is 0. The quantitative estimate of drug-likeness (QED) is 0.748. The van der Waals surface area contributed by atoms with Gasteiger partial charge in [-0.2, -0.15) is 5.10 Å². The van der Waals surface area contributed by atoms with Crippen molar-refractivity contribution in [1.82, 2.24) is 14.8 Å². The molecule has 5 nitrogen and oxygen atoms in total. The predicted octanol–water partition coefficient (Wildman–Crippen LogP) is 1.50. The van der Waals surface area contributed by atoms with E-state index in [2.05, 4.69) is 10.1 Å². The van der Waals surface area contributed by atoms with Gasteiger partial charge in [0.2, 0.25) is 0 Å². The van der Waals surface area contributed by atoms with E-state index >= 15 is 0 Å². The van der Waals surface area contributed by atoms with Crippen molar-refractivity contribution in [3.05, 3.63) is 48.0 Å². The minimum absolute atomic E-state index is 0.339. The summed E-state index contributed by atoms with van der Waals surface area (Å²) in [7, 11) is 0. The van der Waals surface area contributed by atoms with Gasteiger partial charge in [0.1, 0.15) is 0 Å². The van der Waals surface area contributed by atoms with Crippen molar-refractivity contribution >= 4 is 5.97 Å². The molecule has 0 amide bonds. The van der Waals surface area contributed by atoms with Crippen LogP contribution >= 0.6 is 0 Å². The Morgan fingerprint density at radius 1 is 1.41 bits per heavy atom. The first-order valence-electron chi connectivity index (χ1n) is 5.38. The summed E-state index contributed by atoms with van der Waals surface area (Å²) in [5.41, 5.74) is 1.56. The highest BCUT2D eigenvalue weighted by molar-refractivity contribution is 5.88. The molecule has 0 aliphatic rings. The van der Waals surface area contributed by atoms with Crippen LogP contribution in [0.1, 0.15) is 22.8 Å². The molecule has 0 aliphatic carbocycles. The Labute approximate surface area is 99.1 Å². The van der Waals surface area contributed by atoms with Crippen molar-refractivity contribution in [1.29, 1.82) is 0 Å². The molecule has 0 N–H and O–H groups in total. The van der Waals surface area contributed by atoms with Crippen LogP contribution in [-0.4, -0.2) is 27.3 Å². The van der Waals surface area contributed by atoms with Gasteiger partial charge in [0.05, 0.1) is 24.9 Å². The Balaban J connectivity index is 2.06. The Morgan fingerprint density at radius 3 is 2.88 bits per heavy atom. The van der Waals surface area contributed by atoms with Gasteiger partial charge in [0, 0.05) is 18.6 Å². The first-order chi connectivity index (χ1) is 8.29. The van der Waals surface area contributed by atoms with E-state index in [1.807, 2.05) is 12.1 Å². The number of pyridine rings is 1. The maximum absolute atomic E-state index is 11.4. The third-order valence-corrected chi connectivity index (χ3v) is 2.24. The number of nitrogens with zero attached hydrogens (tertiary/aromatic N) is 3. The largest absolute Gasteiger partial charge is 0.462 e. The standard InChI is InChI=1S/C12H13N3O2/c1-2-17-12(16)11-7-14-15(9-11)8-10-3-5-13-6-4-10/h3-7,9H,2,8H2,1H3. The molecule has 5 heteroatoms. The second kappa shape index (κ2) is 5.25. The van der Waals surface area contributed by atoms with Crippen LogP contribution in [0, 0.1) is 0 Å². The number of carbonyl (C=O) groups excluding carboxylic acids is 1. The number of esters is 1. The van der Waals surface area contributed by atoms with E-state index in [0.717, 1.165) is 5.56 Å². The summed E-state index contributed by atoms with van der Waals surface area (Å²) in [5.74, 6) is -0.339. The Kier molecular flexibility index (Phi) is 3.49. The number of carbonyl (C=O) groups is 1. The fraction of sp³-hybridized carbons (Fsp3) is 0.250. The Bertz CT molecular complexity index is 493. The van der Waals surface area contributed by atoms with Crippen LogP contribution in [0.25, 0.3) is 0 Å². The molecule has 2 aromatic rings. The van der Waals surface area contributed by atoms with Gasteiger partial charge in [-0.1, -0.05) is 0 Å². The number of rotatable bonds is 4. The molecular weight excluding hydrogens is 218 g/mol. The normalized spacial score (nSPS) is 10.2. The summed E-state index contributed by atoms with van der Waals surface area (Å²) in [4.78, 5) is 15.4. The molecule has 0 radical (unpaired) electrons. The molecule has 0 saturated heterocycles. The number of ether oxygens (including phenoxy) is 1. The van der Waals surface area contributed by atoms with Crippen LogP contribution in [0.15, 0.2) is 36.9 Å². The zero-order chi connectivity index (χ0) is 12.1. The van der Waals surface area contributed by atoms with Gasteiger partial charge < -0.3 is 4.74 Å². The van der Waals surface area contributed by atoms with Gasteiger partial charge in [0.15, 0.2) is 0 Å². The minimum Gasteiger partial charge on any atom is -0.462 e. The molecule has 2 aromatic heterocycles. The van der Waals surface area contributed by atoms with Crippen LogP contribution < -0.4 is 0 Å². The van der Waals surface area contributed by atoms with Crippen LogP contribution in [0.4, 0.5) is 0 Å². The van der Waals surface area contributed by atoms with Crippen molar-refractivity contribution in [2.24, 2.45) is 0 Å². The highest BCUT2D eigenvalue weighted by Crippen LogP contribution is 2.04. The zero-order valence-electron chi connectivity index (χ0n) is 9.54. The van der Waals surface area contributed by atoms with Crippen LogP contribution in [0.3, 0.4) is 0 Å². The molecule has 0 spiro atoms. The van der Waals surface area contributed by atoms with E-state index in [9.17, 15) is 4.79 Å². The third-order valence-electron chi connectivity index (χ3n) is 2.24. The van der Waals surface area contributed by atoms with Crippen LogP contribution in [-0.2, 0) is 11.3 Å². The summed E-state index contributed by atoms with van der Waals surface area (Å²) in [5, 5.41) is 4.11. The van der Waals surface area contributed by atoms with Gasteiger partial charge >= 0.3 is 5.97 Å². The van der Waals surface area contributed by atoms with E-state index in [1.165, 1.54) is 6.20 Å². The monoisotopic (exact) mass is 231 g/mol. The van der Waals surface area contributed by atoms with Crippen molar-refractivity contribution < 1.29 is 9.53 Å². The maximum Gasteiger partial charge on any atom is 0.341 e. The fourth-order valence-electron chi connectivity index (χ4n) is 1.45. The lowest BCUT2D eigenvalue weighted by atomic mass is 10.3. The van der Waals surface area contributed by atoms with Gasteiger partial charge in [-0.25, -0.2) is 4.79 Å². The van der Waals surface area contributed by atoms with E-state index in [0.29, 0.717) is 18.7 Å². The number of hydrogen-bond acceptors (Lipinski definition) is 4. The molecule has 2 heterocycles. The van der Waals surface area contributed by atoms with Crippen LogP contribution in [0.2, 0.25) is 0 Å². The molecular formula is C12H13N3O2. The van der Waals surface area contributed by atoms with Crippen molar-refractivity contribution in [3.63, 3.8) is 0 Å². The lowest BCUT2D eigenvalue weighted by Crippen LogP contribution is -2.04. The summed E-state index contributed by atoms with van der Waals surface area (Å²) in [6, 6.07) is 3.82. The molecule has 0 saturated carbocycles. The Morgan fingerprint density at radius 2 is 2.18 bits per heavy atom. The zero-order valence-corrected chi connectivity index (χ0v) is 9.54. The van der Waals surface area contributed by atoms with Gasteiger partial charge in [-0.15, -0.1) is 0 Å². The lowest BCUT2D eigenvalue weighted by Gasteiger charge is -2.00. The van der Waals surface area contributed by atoms with Crippen molar-refractivity contribution in [2.45, 2.75) is 13.5 Å². The molecule has 0 fully saturated rings. The van der Waals surface area contributed by atoms with Crippen molar-refractivity contribution in [3.8, 4) is 0 Å². The molecule has 0 aromatic carbocycles. The fourth-order valence-corrected chi connectivity index (χ4v) is 1.45. The second-order valence-electron chi connectivity index (χ2n) is 3.50. The van der Waals surface area contributed by atoms with Gasteiger partial charge in [-0.3, -0.25) is 9.67 Å². The molecule has 2 rings (SSSR count). The number of aromatic nitrogens is 3. The Hall–Kier alpha value is -2.17. The predicted molar refractivity (Wildman–Crippen MR) is 61.5 cm³/mol. The summed E-state index contributed by atoms with van der Waals surface area (Å²) < 4.78 is 6.59. The smallest absolute Gasteiger partial charge is 0.341 e. The first-order valence-corrected chi connectivity index (χ1v) is 5.38. The second-order valence-corrected chi connectivity index (χ2v) is 3.50. The highest BCUT2D eigenvalue weighted by atomic mass is 16.5. The summed E-state index contributed by atoms with van der Waals surface area (Å²) in [6.45, 7) is 2.76.